The third kappa shape index (κ3) is 2.36. The fourth-order valence-electron chi connectivity index (χ4n) is 3.13. The molecule has 2 atom stereocenters. The maximum Gasteiger partial charge on any atom is 0.0957 e. The Bertz CT molecular complexity index is 561. The summed E-state index contributed by atoms with van der Waals surface area (Å²) >= 11 is 0. The van der Waals surface area contributed by atoms with E-state index in [4.69, 9.17) is 5.73 Å². The molecule has 0 fully saturated rings. The van der Waals surface area contributed by atoms with Gasteiger partial charge in [-0.2, -0.15) is 0 Å². The molecule has 1 aliphatic carbocycles. The highest BCUT2D eigenvalue weighted by molar-refractivity contribution is 5.24. The third-order valence-electron chi connectivity index (χ3n) is 4.28. The van der Waals surface area contributed by atoms with Gasteiger partial charge in [0.15, 0.2) is 0 Å². The molecule has 0 saturated carbocycles. The van der Waals surface area contributed by atoms with Crippen LogP contribution in [0, 0.1) is 0 Å². The molecule has 2 heterocycles. The fourth-order valence-corrected chi connectivity index (χ4v) is 3.13. The molecule has 0 bridgehead atoms. The molecular weight excluding hydrogens is 248 g/mol. The van der Waals surface area contributed by atoms with Gasteiger partial charge in [-0.25, -0.2) is 4.98 Å². The molecule has 1 aliphatic rings. The van der Waals surface area contributed by atoms with E-state index in [1.54, 1.807) is 0 Å². The minimum Gasteiger partial charge on any atom is -0.326 e. The lowest BCUT2D eigenvalue weighted by Gasteiger charge is -2.27. The molecule has 106 valence electrons. The van der Waals surface area contributed by atoms with Crippen LogP contribution in [0.1, 0.15) is 49.2 Å². The number of hydrogen-bond acceptors (Lipinski definition) is 3. The van der Waals surface area contributed by atoms with E-state index in [-0.39, 0.29) is 12.1 Å². The molecule has 0 amide bonds. The summed E-state index contributed by atoms with van der Waals surface area (Å²) in [4.78, 5) is 8.73. The largest absolute Gasteiger partial charge is 0.326 e. The van der Waals surface area contributed by atoms with Crippen LogP contribution in [-0.2, 0) is 12.8 Å². The highest BCUT2D eigenvalue weighted by atomic mass is 15.1. The van der Waals surface area contributed by atoms with Gasteiger partial charge in [0, 0.05) is 24.1 Å². The Kier molecular flexibility index (Phi) is 3.83. The fraction of sp³-hybridized carbons (Fsp3) is 0.500. The van der Waals surface area contributed by atoms with Crippen LogP contribution in [0.25, 0.3) is 0 Å². The van der Waals surface area contributed by atoms with Crippen molar-refractivity contribution in [2.24, 2.45) is 5.73 Å². The summed E-state index contributed by atoms with van der Waals surface area (Å²) < 4.78 is 2.30. The molecule has 2 aromatic heterocycles. The number of fused-ring (bicyclic) bond motifs is 1. The zero-order chi connectivity index (χ0) is 13.9. The van der Waals surface area contributed by atoms with Gasteiger partial charge in [0.05, 0.1) is 18.1 Å². The minimum absolute atomic E-state index is 0.0950. The number of aryl methyl sites for hydroxylation is 1. The Morgan fingerprint density at radius 1 is 1.25 bits per heavy atom. The van der Waals surface area contributed by atoms with Crippen LogP contribution >= 0.6 is 0 Å². The molecular formula is C16H22N4. The zero-order valence-electron chi connectivity index (χ0n) is 12.0. The van der Waals surface area contributed by atoms with Gasteiger partial charge in [0.1, 0.15) is 0 Å². The number of rotatable bonds is 4. The van der Waals surface area contributed by atoms with E-state index < -0.39 is 0 Å². The lowest BCUT2D eigenvalue weighted by atomic mass is 9.96. The average molecular weight is 270 g/mol. The van der Waals surface area contributed by atoms with Gasteiger partial charge in [-0.3, -0.25) is 4.98 Å². The van der Waals surface area contributed by atoms with Gasteiger partial charge in [0.2, 0.25) is 0 Å². The first-order valence-electron chi connectivity index (χ1n) is 7.51. The first-order chi connectivity index (χ1) is 9.81. The van der Waals surface area contributed by atoms with Crippen molar-refractivity contribution < 1.29 is 0 Å². The summed E-state index contributed by atoms with van der Waals surface area (Å²) in [5.74, 6) is 0. The van der Waals surface area contributed by atoms with Crippen LogP contribution in [0.15, 0.2) is 30.9 Å². The first-order valence-corrected chi connectivity index (χ1v) is 7.51. The molecule has 4 heteroatoms. The van der Waals surface area contributed by atoms with Gasteiger partial charge < -0.3 is 10.3 Å². The van der Waals surface area contributed by atoms with Crippen molar-refractivity contribution in [1.82, 2.24) is 14.5 Å². The molecule has 0 aromatic carbocycles. The molecule has 0 radical (unpaired) electrons. The van der Waals surface area contributed by atoms with Crippen molar-refractivity contribution in [3.05, 3.63) is 47.8 Å². The normalized spacial score (nSPS) is 17.5. The lowest BCUT2D eigenvalue weighted by molar-refractivity contribution is 0.441. The topological polar surface area (TPSA) is 56.7 Å². The second kappa shape index (κ2) is 5.75. The van der Waals surface area contributed by atoms with Crippen molar-refractivity contribution in [3.8, 4) is 0 Å². The summed E-state index contributed by atoms with van der Waals surface area (Å²) in [6, 6.07) is 4.39. The van der Waals surface area contributed by atoms with Crippen molar-refractivity contribution >= 4 is 0 Å². The van der Waals surface area contributed by atoms with E-state index in [2.05, 4.69) is 33.6 Å². The zero-order valence-corrected chi connectivity index (χ0v) is 12.0. The van der Waals surface area contributed by atoms with Gasteiger partial charge in [-0.1, -0.05) is 6.92 Å². The monoisotopic (exact) mass is 270 g/mol. The van der Waals surface area contributed by atoms with Crippen molar-refractivity contribution in [1.29, 1.82) is 0 Å². The molecule has 0 saturated heterocycles. The first kappa shape index (κ1) is 13.3. The summed E-state index contributed by atoms with van der Waals surface area (Å²) in [6.07, 6.45) is 11.3. The van der Waals surface area contributed by atoms with E-state index >= 15 is 0 Å². The SMILES string of the molecule is CCC(N)C(c1ccncc1)n1cnc2c1CCCC2. The summed E-state index contributed by atoms with van der Waals surface area (Å²) in [6.45, 7) is 2.14. The van der Waals surface area contributed by atoms with E-state index in [1.165, 1.54) is 29.8 Å². The van der Waals surface area contributed by atoms with Crippen molar-refractivity contribution in [3.63, 3.8) is 0 Å². The second-order valence-corrected chi connectivity index (χ2v) is 5.55. The molecule has 0 spiro atoms. The maximum absolute atomic E-state index is 6.40. The standard InChI is InChI=1S/C16H22N4/c1-2-13(17)16(12-7-9-18-10-8-12)20-11-19-14-5-3-4-6-15(14)20/h7-11,13,16H,2-6,17H2,1H3. The minimum atomic E-state index is 0.0950. The molecule has 0 aliphatic heterocycles. The predicted molar refractivity (Wildman–Crippen MR) is 79.5 cm³/mol. The quantitative estimate of drug-likeness (QED) is 0.928. The van der Waals surface area contributed by atoms with Crippen LogP contribution in [0.5, 0.6) is 0 Å². The van der Waals surface area contributed by atoms with E-state index in [1.807, 2.05) is 18.7 Å². The number of imidazole rings is 1. The highest BCUT2D eigenvalue weighted by Crippen LogP contribution is 2.28. The van der Waals surface area contributed by atoms with Gasteiger partial charge in [-0.05, 0) is 49.8 Å². The Morgan fingerprint density at radius 2 is 2.00 bits per heavy atom. The van der Waals surface area contributed by atoms with Gasteiger partial charge in [0.25, 0.3) is 0 Å². The molecule has 2 N–H and O–H groups in total. The number of nitrogens with zero attached hydrogens (tertiary/aromatic N) is 3. The smallest absolute Gasteiger partial charge is 0.0957 e. The number of nitrogens with two attached hydrogens (primary N) is 1. The highest BCUT2D eigenvalue weighted by Gasteiger charge is 2.25. The maximum atomic E-state index is 6.40. The molecule has 20 heavy (non-hydrogen) atoms. The lowest BCUT2D eigenvalue weighted by Crippen LogP contribution is -2.33. The van der Waals surface area contributed by atoms with Crippen LogP contribution < -0.4 is 5.73 Å². The Balaban J connectivity index is 2.04. The van der Waals surface area contributed by atoms with Crippen molar-refractivity contribution in [2.45, 2.75) is 51.1 Å². The summed E-state index contributed by atoms with van der Waals surface area (Å²) in [5.41, 5.74) is 10.3. The van der Waals surface area contributed by atoms with Crippen LogP contribution in [-0.4, -0.2) is 20.6 Å². The average Bonchev–Trinajstić information content (AvgIpc) is 2.92. The third-order valence-corrected chi connectivity index (χ3v) is 4.28. The van der Waals surface area contributed by atoms with E-state index in [0.29, 0.717) is 0 Å². The summed E-state index contributed by atoms with van der Waals surface area (Å²) in [7, 11) is 0. The molecule has 3 rings (SSSR count). The number of hydrogen-bond donors (Lipinski definition) is 1. The van der Waals surface area contributed by atoms with Crippen LogP contribution in [0.4, 0.5) is 0 Å². The second-order valence-electron chi connectivity index (χ2n) is 5.55. The van der Waals surface area contributed by atoms with E-state index in [9.17, 15) is 0 Å². The number of pyridine rings is 1. The predicted octanol–water partition coefficient (Wildman–Crippen LogP) is 2.48. The molecule has 2 unspecified atom stereocenters. The summed E-state index contributed by atoms with van der Waals surface area (Å²) in [5, 5.41) is 0. The van der Waals surface area contributed by atoms with E-state index in [0.717, 1.165) is 19.3 Å². The Morgan fingerprint density at radius 3 is 2.75 bits per heavy atom. The van der Waals surface area contributed by atoms with Gasteiger partial charge in [-0.15, -0.1) is 0 Å². The Hall–Kier alpha value is -1.68. The van der Waals surface area contributed by atoms with Crippen LogP contribution in [0.3, 0.4) is 0 Å². The Labute approximate surface area is 120 Å². The van der Waals surface area contributed by atoms with Crippen molar-refractivity contribution in [2.75, 3.05) is 0 Å². The van der Waals surface area contributed by atoms with Crippen LogP contribution in [0.2, 0.25) is 0 Å². The van der Waals surface area contributed by atoms with Gasteiger partial charge >= 0.3 is 0 Å². The molecule has 2 aromatic rings. The molecule has 4 nitrogen and oxygen atoms in total. The number of aromatic nitrogens is 3.